The first-order chi connectivity index (χ1) is 10.4. The van der Waals surface area contributed by atoms with Crippen molar-refractivity contribution in [3.05, 3.63) is 45.8 Å². The summed E-state index contributed by atoms with van der Waals surface area (Å²) in [5, 5.41) is 30.1. The molecule has 1 unspecified atom stereocenters. The maximum atomic E-state index is 11.9. The molecule has 116 valence electrons. The number of nitro benzene ring substituents is 1. The molecule has 2 rings (SSSR count). The molecule has 1 aromatic carbocycles. The molecule has 1 amide bonds. The smallest absolute Gasteiger partial charge is 0.273 e. The van der Waals surface area contributed by atoms with Crippen molar-refractivity contribution < 1.29 is 14.8 Å². The first kappa shape index (κ1) is 15.6. The number of hydrogen-bond acceptors (Lipinski definition) is 6. The van der Waals surface area contributed by atoms with Gasteiger partial charge in [-0.05, 0) is 19.9 Å². The van der Waals surface area contributed by atoms with E-state index in [1.54, 1.807) is 19.9 Å². The van der Waals surface area contributed by atoms with Crippen LogP contribution in [0.1, 0.15) is 23.1 Å². The second-order valence-corrected chi connectivity index (χ2v) is 4.77. The molecule has 0 fully saturated rings. The maximum absolute atomic E-state index is 11.9. The second-order valence-electron chi connectivity index (χ2n) is 4.77. The summed E-state index contributed by atoms with van der Waals surface area (Å²) < 4.78 is 1.35. The molecule has 1 atom stereocenters. The molecule has 0 bridgehead atoms. The number of aromatic nitrogens is 3. The first-order valence-electron chi connectivity index (χ1n) is 6.53. The van der Waals surface area contributed by atoms with Crippen LogP contribution in [0.4, 0.5) is 5.69 Å². The summed E-state index contributed by atoms with van der Waals surface area (Å²) in [6.07, 6.45) is -0.670. The number of carbonyl (C=O) groups is 1. The molecule has 1 heterocycles. The highest BCUT2D eigenvalue weighted by Gasteiger charge is 2.18. The Balaban J connectivity index is 2.29. The fourth-order valence-corrected chi connectivity index (χ4v) is 1.85. The Morgan fingerprint density at radius 3 is 2.91 bits per heavy atom. The summed E-state index contributed by atoms with van der Waals surface area (Å²) in [4.78, 5) is 22.2. The number of carbonyl (C=O) groups excluding carboxylic acids is 1. The zero-order valence-electron chi connectivity index (χ0n) is 12.1. The van der Waals surface area contributed by atoms with E-state index in [-0.39, 0.29) is 17.9 Å². The molecule has 0 spiro atoms. The van der Waals surface area contributed by atoms with Crippen LogP contribution < -0.4 is 5.32 Å². The van der Waals surface area contributed by atoms with Gasteiger partial charge in [-0.3, -0.25) is 14.9 Å². The van der Waals surface area contributed by atoms with E-state index in [1.807, 2.05) is 0 Å². The summed E-state index contributed by atoms with van der Waals surface area (Å²) in [7, 11) is 0. The molecule has 0 aliphatic rings. The Kier molecular flexibility index (Phi) is 4.47. The van der Waals surface area contributed by atoms with Crippen molar-refractivity contribution in [1.82, 2.24) is 20.3 Å². The largest absolute Gasteiger partial charge is 0.392 e. The van der Waals surface area contributed by atoms with Gasteiger partial charge >= 0.3 is 0 Å². The van der Waals surface area contributed by atoms with Gasteiger partial charge in [0.25, 0.3) is 11.6 Å². The summed E-state index contributed by atoms with van der Waals surface area (Å²) in [6, 6.07) is 5.87. The Hall–Kier alpha value is -2.81. The SMILES string of the molecule is Cc1c(C(=O)NCC(C)O)nnn1-c1cccc([N+](=O)[O-])c1. The van der Waals surface area contributed by atoms with Gasteiger partial charge in [0.1, 0.15) is 0 Å². The third-order valence-electron chi connectivity index (χ3n) is 2.95. The standard InChI is InChI=1S/C13H15N5O4/c1-8(19)7-14-13(20)12-9(2)17(16-15-12)10-4-3-5-11(6-10)18(21)22/h3-6,8,19H,7H2,1-2H3,(H,14,20). The number of hydrogen-bond donors (Lipinski definition) is 2. The van der Waals surface area contributed by atoms with E-state index < -0.39 is 16.9 Å². The van der Waals surface area contributed by atoms with Crippen LogP contribution in [-0.2, 0) is 0 Å². The minimum Gasteiger partial charge on any atom is -0.392 e. The lowest BCUT2D eigenvalue weighted by Crippen LogP contribution is -2.31. The summed E-state index contributed by atoms with van der Waals surface area (Å²) in [6.45, 7) is 3.28. The Morgan fingerprint density at radius 1 is 1.55 bits per heavy atom. The molecule has 2 N–H and O–H groups in total. The van der Waals surface area contributed by atoms with E-state index in [0.29, 0.717) is 11.4 Å². The molecular formula is C13H15N5O4. The van der Waals surface area contributed by atoms with Gasteiger partial charge in [0.2, 0.25) is 0 Å². The van der Waals surface area contributed by atoms with E-state index >= 15 is 0 Å². The van der Waals surface area contributed by atoms with Crippen molar-refractivity contribution in [2.45, 2.75) is 20.0 Å². The summed E-state index contributed by atoms with van der Waals surface area (Å²) in [5.74, 6) is -0.463. The lowest BCUT2D eigenvalue weighted by atomic mass is 10.2. The van der Waals surface area contributed by atoms with E-state index in [1.165, 1.54) is 22.9 Å². The van der Waals surface area contributed by atoms with Gasteiger partial charge in [0.05, 0.1) is 22.4 Å². The maximum Gasteiger partial charge on any atom is 0.273 e. The summed E-state index contributed by atoms with van der Waals surface area (Å²) in [5.41, 5.74) is 0.914. The average Bonchev–Trinajstić information content (AvgIpc) is 2.86. The minimum atomic E-state index is -0.670. The molecule has 0 aliphatic heterocycles. The molecule has 1 aromatic heterocycles. The average molecular weight is 305 g/mol. The fraction of sp³-hybridized carbons (Fsp3) is 0.308. The molecule has 9 heteroatoms. The van der Waals surface area contributed by atoms with Crippen LogP contribution >= 0.6 is 0 Å². The lowest BCUT2D eigenvalue weighted by molar-refractivity contribution is -0.384. The van der Waals surface area contributed by atoms with Crippen LogP contribution in [0.3, 0.4) is 0 Å². The number of nitrogens with zero attached hydrogens (tertiary/aromatic N) is 4. The fourth-order valence-electron chi connectivity index (χ4n) is 1.85. The topological polar surface area (TPSA) is 123 Å². The van der Waals surface area contributed by atoms with Crippen molar-refractivity contribution in [2.24, 2.45) is 0 Å². The van der Waals surface area contributed by atoms with Crippen LogP contribution in [0.15, 0.2) is 24.3 Å². The molecule has 22 heavy (non-hydrogen) atoms. The van der Waals surface area contributed by atoms with Gasteiger partial charge in [0, 0.05) is 18.7 Å². The lowest BCUT2D eigenvalue weighted by Gasteiger charge is -2.06. The van der Waals surface area contributed by atoms with E-state index in [0.717, 1.165) is 0 Å². The Labute approximate surface area is 125 Å². The molecule has 0 radical (unpaired) electrons. The van der Waals surface area contributed by atoms with Crippen molar-refractivity contribution in [3.8, 4) is 5.69 Å². The predicted molar refractivity (Wildman–Crippen MR) is 76.8 cm³/mol. The molecule has 0 saturated heterocycles. The number of nitrogens with one attached hydrogen (secondary N) is 1. The van der Waals surface area contributed by atoms with Gasteiger partial charge in [0.15, 0.2) is 5.69 Å². The van der Waals surface area contributed by atoms with Gasteiger partial charge in [-0.1, -0.05) is 11.3 Å². The van der Waals surface area contributed by atoms with Crippen molar-refractivity contribution in [2.75, 3.05) is 6.54 Å². The van der Waals surface area contributed by atoms with Crippen LogP contribution in [0.2, 0.25) is 0 Å². The van der Waals surface area contributed by atoms with Crippen molar-refractivity contribution in [3.63, 3.8) is 0 Å². The van der Waals surface area contributed by atoms with Gasteiger partial charge in [-0.2, -0.15) is 0 Å². The number of benzene rings is 1. The van der Waals surface area contributed by atoms with Crippen LogP contribution in [0, 0.1) is 17.0 Å². The van der Waals surface area contributed by atoms with Crippen LogP contribution in [0.25, 0.3) is 5.69 Å². The van der Waals surface area contributed by atoms with E-state index in [4.69, 9.17) is 5.11 Å². The highest BCUT2D eigenvalue weighted by atomic mass is 16.6. The first-order valence-corrected chi connectivity index (χ1v) is 6.53. The minimum absolute atomic E-state index is 0.0764. The molecule has 0 aliphatic carbocycles. The van der Waals surface area contributed by atoms with E-state index in [9.17, 15) is 14.9 Å². The number of non-ortho nitro benzene ring substituents is 1. The highest BCUT2D eigenvalue weighted by Crippen LogP contribution is 2.18. The Morgan fingerprint density at radius 2 is 2.27 bits per heavy atom. The number of aliphatic hydroxyl groups is 1. The van der Waals surface area contributed by atoms with Crippen LogP contribution in [-0.4, -0.2) is 43.6 Å². The van der Waals surface area contributed by atoms with Crippen LogP contribution in [0.5, 0.6) is 0 Å². The zero-order valence-corrected chi connectivity index (χ0v) is 12.1. The van der Waals surface area contributed by atoms with Crippen molar-refractivity contribution in [1.29, 1.82) is 0 Å². The quantitative estimate of drug-likeness (QED) is 0.615. The van der Waals surface area contributed by atoms with E-state index in [2.05, 4.69) is 15.6 Å². The number of aliphatic hydroxyl groups excluding tert-OH is 1. The number of nitro groups is 1. The highest BCUT2D eigenvalue weighted by molar-refractivity contribution is 5.93. The monoisotopic (exact) mass is 305 g/mol. The third-order valence-corrected chi connectivity index (χ3v) is 2.95. The number of rotatable bonds is 5. The predicted octanol–water partition coefficient (Wildman–Crippen LogP) is 0.595. The zero-order chi connectivity index (χ0) is 16.3. The third kappa shape index (κ3) is 3.26. The Bertz CT molecular complexity index is 710. The normalized spacial score (nSPS) is 12.0. The number of amides is 1. The molecule has 2 aromatic rings. The van der Waals surface area contributed by atoms with Gasteiger partial charge in [-0.25, -0.2) is 4.68 Å². The molecular weight excluding hydrogens is 290 g/mol. The molecule has 0 saturated carbocycles. The van der Waals surface area contributed by atoms with Gasteiger partial charge < -0.3 is 10.4 Å². The summed E-state index contributed by atoms with van der Waals surface area (Å²) >= 11 is 0. The molecule has 9 nitrogen and oxygen atoms in total. The van der Waals surface area contributed by atoms with Crippen molar-refractivity contribution >= 4 is 11.6 Å². The van der Waals surface area contributed by atoms with Gasteiger partial charge in [-0.15, -0.1) is 5.10 Å². The second kappa shape index (κ2) is 6.31.